The number of nitriles is 1. The van der Waals surface area contributed by atoms with E-state index < -0.39 is 5.97 Å². The molecule has 0 amide bonds. The maximum atomic E-state index is 12.4. The van der Waals surface area contributed by atoms with Crippen LogP contribution in [0.15, 0.2) is 48.7 Å². The molecule has 0 aliphatic rings. The van der Waals surface area contributed by atoms with Crippen molar-refractivity contribution in [3.05, 3.63) is 71.0 Å². The molecular weight excluding hydrogens is 336 g/mol. The van der Waals surface area contributed by atoms with Crippen LogP contribution in [0.2, 0.25) is 0 Å². The first-order valence-electron chi connectivity index (χ1n) is 8.91. The summed E-state index contributed by atoms with van der Waals surface area (Å²) in [5.74, 6) is -0.421. The maximum absolute atomic E-state index is 12.4. The largest absolute Gasteiger partial charge is 0.461 e. The summed E-state index contributed by atoms with van der Waals surface area (Å²) >= 11 is 0. The number of aryl methyl sites for hydroxylation is 3. The fourth-order valence-corrected chi connectivity index (χ4v) is 3.52. The van der Waals surface area contributed by atoms with Crippen LogP contribution in [0.25, 0.3) is 22.3 Å². The monoisotopic (exact) mass is 358 g/mol. The number of nitrogens with zero attached hydrogens (tertiary/aromatic N) is 2. The van der Waals surface area contributed by atoms with Crippen molar-refractivity contribution in [3.63, 3.8) is 0 Å². The molecule has 1 heterocycles. The third kappa shape index (κ3) is 3.37. The second-order valence-corrected chi connectivity index (χ2v) is 6.55. The summed E-state index contributed by atoms with van der Waals surface area (Å²) in [4.78, 5) is 12.4. The smallest absolute Gasteiger partial charge is 0.355 e. The fraction of sp³-hybridized carbons (Fsp3) is 0.217. The predicted octanol–water partition coefficient (Wildman–Crippen LogP) is 5.02. The minimum Gasteiger partial charge on any atom is -0.461 e. The second-order valence-electron chi connectivity index (χ2n) is 6.55. The first kappa shape index (κ1) is 18.5. The molecule has 0 atom stereocenters. The van der Waals surface area contributed by atoms with Gasteiger partial charge in [0.15, 0.2) is 0 Å². The lowest BCUT2D eigenvalue weighted by Gasteiger charge is -2.11. The van der Waals surface area contributed by atoms with Crippen LogP contribution < -0.4 is 0 Å². The summed E-state index contributed by atoms with van der Waals surface area (Å²) in [5.41, 5.74) is 7.05. The standard InChI is InChI=1S/C23H22N2O2/c1-5-27-23(26)22-21(19(13-24)14-25(22)4)18-11-9-17(10-12-18)20-15(2)7-6-8-16(20)3/h6-12,14H,5H2,1-4H3. The molecule has 0 bridgehead atoms. The average Bonchev–Trinajstić information content (AvgIpc) is 2.99. The third-order valence-corrected chi connectivity index (χ3v) is 4.71. The zero-order chi connectivity index (χ0) is 19.6. The summed E-state index contributed by atoms with van der Waals surface area (Å²) < 4.78 is 6.84. The zero-order valence-corrected chi connectivity index (χ0v) is 16.0. The lowest BCUT2D eigenvalue weighted by molar-refractivity contribution is 0.0516. The molecule has 4 nitrogen and oxygen atoms in total. The summed E-state index contributed by atoms with van der Waals surface area (Å²) in [7, 11) is 1.75. The topological polar surface area (TPSA) is 55.0 Å². The number of carbonyl (C=O) groups is 1. The number of esters is 1. The van der Waals surface area contributed by atoms with E-state index in [1.54, 1.807) is 24.7 Å². The highest BCUT2D eigenvalue weighted by Gasteiger charge is 2.22. The van der Waals surface area contributed by atoms with E-state index in [0.717, 1.165) is 11.1 Å². The van der Waals surface area contributed by atoms with Crippen molar-refractivity contribution in [1.29, 1.82) is 5.26 Å². The average molecular weight is 358 g/mol. The summed E-state index contributed by atoms with van der Waals surface area (Å²) in [6.45, 7) is 6.25. The van der Waals surface area contributed by atoms with Crippen LogP contribution in [0.1, 0.15) is 34.1 Å². The molecule has 1 aromatic heterocycles. The normalized spacial score (nSPS) is 10.5. The lowest BCUT2D eigenvalue weighted by Crippen LogP contribution is -2.10. The predicted molar refractivity (Wildman–Crippen MR) is 106 cm³/mol. The lowest BCUT2D eigenvalue weighted by atomic mass is 9.93. The van der Waals surface area contributed by atoms with Gasteiger partial charge in [-0.3, -0.25) is 0 Å². The highest BCUT2D eigenvalue weighted by molar-refractivity contribution is 5.98. The van der Waals surface area contributed by atoms with Gasteiger partial charge in [0.1, 0.15) is 11.8 Å². The highest BCUT2D eigenvalue weighted by atomic mass is 16.5. The first-order valence-corrected chi connectivity index (χ1v) is 8.91. The van der Waals surface area contributed by atoms with Gasteiger partial charge < -0.3 is 9.30 Å². The van der Waals surface area contributed by atoms with Crippen molar-refractivity contribution >= 4 is 5.97 Å². The molecule has 0 radical (unpaired) electrons. The summed E-state index contributed by atoms with van der Waals surface area (Å²) in [5, 5.41) is 9.52. The van der Waals surface area contributed by atoms with E-state index in [1.807, 2.05) is 24.3 Å². The number of hydrogen-bond acceptors (Lipinski definition) is 3. The van der Waals surface area contributed by atoms with Crippen molar-refractivity contribution in [1.82, 2.24) is 4.57 Å². The molecule has 27 heavy (non-hydrogen) atoms. The highest BCUT2D eigenvalue weighted by Crippen LogP contribution is 2.33. The van der Waals surface area contributed by atoms with Gasteiger partial charge in [-0.25, -0.2) is 4.79 Å². The molecule has 0 aliphatic carbocycles. The Balaban J connectivity index is 2.11. The van der Waals surface area contributed by atoms with Crippen molar-refractivity contribution in [2.75, 3.05) is 6.61 Å². The molecule has 136 valence electrons. The number of hydrogen-bond donors (Lipinski definition) is 0. The third-order valence-electron chi connectivity index (χ3n) is 4.71. The van der Waals surface area contributed by atoms with E-state index in [1.165, 1.54) is 16.7 Å². The molecular formula is C23H22N2O2. The molecule has 4 heteroatoms. The maximum Gasteiger partial charge on any atom is 0.355 e. The fourth-order valence-electron chi connectivity index (χ4n) is 3.52. The number of rotatable bonds is 4. The molecule has 0 aliphatic heterocycles. The van der Waals surface area contributed by atoms with Crippen molar-refractivity contribution < 1.29 is 9.53 Å². The molecule has 0 fully saturated rings. The first-order chi connectivity index (χ1) is 13.0. The van der Waals surface area contributed by atoms with E-state index in [4.69, 9.17) is 4.74 Å². The Labute approximate surface area is 159 Å². The van der Waals surface area contributed by atoms with Crippen molar-refractivity contribution in [2.24, 2.45) is 7.05 Å². The Hall–Kier alpha value is -3.32. The van der Waals surface area contributed by atoms with Crippen LogP contribution in [0.5, 0.6) is 0 Å². The molecule has 0 saturated heterocycles. The second kappa shape index (κ2) is 7.51. The van der Waals surface area contributed by atoms with Gasteiger partial charge in [0, 0.05) is 18.8 Å². The Morgan fingerprint density at radius 1 is 1.04 bits per heavy atom. The Morgan fingerprint density at radius 3 is 2.11 bits per heavy atom. The molecule has 3 aromatic rings. The van der Waals surface area contributed by atoms with E-state index in [-0.39, 0.29) is 6.61 Å². The molecule has 3 rings (SSSR count). The minimum atomic E-state index is -0.421. The van der Waals surface area contributed by atoms with E-state index in [9.17, 15) is 10.1 Å². The number of aromatic nitrogens is 1. The molecule has 0 spiro atoms. The number of carbonyl (C=O) groups excluding carboxylic acids is 1. The van der Waals surface area contributed by atoms with Crippen molar-refractivity contribution in [2.45, 2.75) is 20.8 Å². The Bertz CT molecular complexity index is 1020. The zero-order valence-electron chi connectivity index (χ0n) is 16.0. The van der Waals surface area contributed by atoms with Gasteiger partial charge in [0.05, 0.1) is 12.2 Å². The number of ether oxygens (including phenoxy) is 1. The Kier molecular flexibility index (Phi) is 5.14. The molecule has 0 saturated carbocycles. The SMILES string of the molecule is CCOC(=O)c1c(-c2ccc(-c3c(C)cccc3C)cc2)c(C#N)cn1C. The van der Waals surface area contributed by atoms with Crippen LogP contribution in [0.3, 0.4) is 0 Å². The van der Waals surface area contributed by atoms with E-state index in [2.05, 4.69) is 38.1 Å². The van der Waals surface area contributed by atoms with E-state index >= 15 is 0 Å². The molecule has 0 N–H and O–H groups in total. The van der Waals surface area contributed by atoms with E-state index in [0.29, 0.717) is 16.8 Å². The van der Waals surface area contributed by atoms with Gasteiger partial charge in [0.2, 0.25) is 0 Å². The van der Waals surface area contributed by atoms with Gasteiger partial charge in [-0.1, -0.05) is 42.5 Å². The van der Waals surface area contributed by atoms with Crippen LogP contribution in [0, 0.1) is 25.2 Å². The van der Waals surface area contributed by atoms with Gasteiger partial charge in [-0.2, -0.15) is 5.26 Å². The quantitative estimate of drug-likeness (QED) is 0.615. The summed E-state index contributed by atoms with van der Waals surface area (Å²) in [6, 6.07) is 16.4. The Morgan fingerprint density at radius 2 is 1.59 bits per heavy atom. The minimum absolute atomic E-state index is 0.289. The van der Waals surface area contributed by atoms with Gasteiger partial charge in [-0.15, -0.1) is 0 Å². The van der Waals surface area contributed by atoms with Gasteiger partial charge in [0.25, 0.3) is 0 Å². The molecule has 0 unspecified atom stereocenters. The van der Waals surface area contributed by atoms with Crippen LogP contribution in [0.4, 0.5) is 0 Å². The van der Waals surface area contributed by atoms with Crippen molar-refractivity contribution in [3.8, 4) is 28.3 Å². The molecule has 2 aromatic carbocycles. The van der Waals surface area contributed by atoms with Crippen LogP contribution in [-0.2, 0) is 11.8 Å². The van der Waals surface area contributed by atoms with Gasteiger partial charge >= 0.3 is 5.97 Å². The summed E-state index contributed by atoms with van der Waals surface area (Å²) in [6.07, 6.45) is 1.67. The number of benzene rings is 2. The van der Waals surface area contributed by atoms with Crippen LogP contribution in [-0.4, -0.2) is 17.1 Å². The van der Waals surface area contributed by atoms with Gasteiger partial charge in [-0.05, 0) is 48.6 Å². The van der Waals surface area contributed by atoms with Crippen LogP contribution >= 0.6 is 0 Å².